The van der Waals surface area contributed by atoms with Gasteiger partial charge in [-0.15, -0.1) is 0 Å². The third-order valence-corrected chi connectivity index (χ3v) is 13.4. The Bertz CT molecular complexity index is 2780. The predicted molar refractivity (Wildman–Crippen MR) is 253 cm³/mol. The van der Waals surface area contributed by atoms with E-state index in [1.807, 2.05) is 121 Å². The van der Waals surface area contributed by atoms with E-state index in [1.165, 1.54) is 0 Å². The molecule has 0 atom stereocenters. The maximum absolute atomic E-state index is 13.7. The van der Waals surface area contributed by atoms with Crippen molar-refractivity contribution >= 4 is 33.5 Å². The highest BCUT2D eigenvalue weighted by molar-refractivity contribution is 5.86. The molecule has 4 saturated carbocycles. The van der Waals surface area contributed by atoms with E-state index in [0.29, 0.717) is 68.7 Å². The van der Waals surface area contributed by atoms with E-state index < -0.39 is 10.8 Å². The number of hydrogen-bond acceptors (Lipinski definition) is 8. The number of benzene rings is 6. The molecule has 0 aromatic heterocycles. The average Bonchev–Trinajstić information content (AvgIpc) is 3.34. The molecule has 8 heteroatoms. The first-order valence-corrected chi connectivity index (χ1v) is 23.0. The monoisotopic (exact) mass is 870 g/mol. The zero-order valence-corrected chi connectivity index (χ0v) is 36.9. The second-order valence-electron chi connectivity index (χ2n) is 18.2. The van der Waals surface area contributed by atoms with E-state index in [0.717, 1.165) is 100 Å². The third kappa shape index (κ3) is 10.2. The van der Waals surface area contributed by atoms with Crippen molar-refractivity contribution in [1.29, 1.82) is 10.5 Å². The van der Waals surface area contributed by atoms with E-state index in [9.17, 15) is 9.59 Å². The number of carbonyl (C=O) groups excluding carboxylic acids is 2. The summed E-state index contributed by atoms with van der Waals surface area (Å²) >= 11 is 0. The van der Waals surface area contributed by atoms with Gasteiger partial charge in [0.25, 0.3) is 0 Å². The highest BCUT2D eigenvalue weighted by Gasteiger charge is 2.64. The lowest BCUT2D eigenvalue weighted by Crippen LogP contribution is -2.58. The van der Waals surface area contributed by atoms with E-state index >= 15 is 0 Å². The van der Waals surface area contributed by atoms with Gasteiger partial charge in [-0.2, -0.15) is 10.5 Å². The van der Waals surface area contributed by atoms with Gasteiger partial charge in [0.15, 0.2) is 0 Å². The lowest BCUT2D eigenvalue weighted by atomic mass is 9.44. The number of unbranched alkanes of at least 4 members (excludes halogenated alkanes) is 2. The van der Waals surface area contributed by atoms with Crippen molar-refractivity contribution < 1.29 is 28.5 Å². The molecule has 4 aliphatic rings. The van der Waals surface area contributed by atoms with Crippen LogP contribution in [0.2, 0.25) is 0 Å². The molecular weight excluding hydrogens is 821 g/mol. The zero-order valence-electron chi connectivity index (χ0n) is 36.9. The van der Waals surface area contributed by atoms with Crippen LogP contribution in [0.5, 0.6) is 11.5 Å². The molecule has 0 heterocycles. The van der Waals surface area contributed by atoms with E-state index in [1.54, 1.807) is 0 Å². The van der Waals surface area contributed by atoms with Gasteiger partial charge in [0.05, 0.1) is 60.5 Å². The Morgan fingerprint density at radius 1 is 0.455 bits per heavy atom. The minimum absolute atomic E-state index is 0.151. The molecule has 0 N–H and O–H groups in total. The summed E-state index contributed by atoms with van der Waals surface area (Å²) in [5, 5.41) is 22.4. The van der Waals surface area contributed by atoms with Crippen LogP contribution in [0, 0.1) is 69.0 Å². The van der Waals surface area contributed by atoms with E-state index in [4.69, 9.17) is 29.5 Å². The van der Waals surface area contributed by atoms with Crippen molar-refractivity contribution in [3.8, 4) is 47.3 Å². The topological polar surface area (TPSA) is 119 Å². The van der Waals surface area contributed by atoms with Gasteiger partial charge >= 0.3 is 11.9 Å². The summed E-state index contributed by atoms with van der Waals surface area (Å²) in [5.41, 5.74) is 3.66. The first-order valence-electron chi connectivity index (χ1n) is 23.0. The lowest BCUT2D eigenvalue weighted by Gasteiger charge is -2.59. The first-order chi connectivity index (χ1) is 32.3. The number of hydrogen-bond donors (Lipinski definition) is 0. The molecule has 4 fully saturated rings. The van der Waals surface area contributed by atoms with Gasteiger partial charge in [0, 0.05) is 22.3 Å². The van der Waals surface area contributed by atoms with Crippen LogP contribution in [0.15, 0.2) is 121 Å². The Hall–Kier alpha value is -7.52. The lowest BCUT2D eigenvalue weighted by molar-refractivity contribution is -0.194. The second-order valence-corrected chi connectivity index (χ2v) is 18.2. The molecule has 10 rings (SSSR count). The molecule has 0 spiro atoms. The van der Waals surface area contributed by atoms with Crippen LogP contribution in [0.4, 0.5) is 0 Å². The summed E-state index contributed by atoms with van der Waals surface area (Å²) in [5.74, 6) is 14.8. The van der Waals surface area contributed by atoms with Crippen molar-refractivity contribution in [2.24, 2.45) is 22.7 Å². The molecule has 4 bridgehead atoms. The van der Waals surface area contributed by atoms with Crippen molar-refractivity contribution in [2.75, 3.05) is 26.4 Å². The van der Waals surface area contributed by atoms with Crippen LogP contribution in [0.3, 0.4) is 0 Å². The number of nitriles is 2. The molecule has 4 aliphatic carbocycles. The standard InChI is InChI=1S/C58H50N2O6/c59-38-45-11-19-49-30-43(9-17-51(49)32-45)7-5-41-13-21-53(22-14-41)63-25-1-3-27-65-55(61)57-34-47-29-48(35-57)37-58(36-47,40-57)56(62)66-28-4-2-26-64-54-23-15-42(16-24-54)6-8-44-10-18-52-33-46(39-60)12-20-50(52)31-44/h9-24,30-33,47-48H,1-4,25-29,34-37,40H2. The quantitative estimate of drug-likeness (QED) is 0.0603. The van der Waals surface area contributed by atoms with Gasteiger partial charge in [-0.25, -0.2) is 0 Å². The molecule has 0 radical (unpaired) electrons. The Kier molecular flexibility index (Phi) is 13.0. The van der Waals surface area contributed by atoms with Crippen LogP contribution < -0.4 is 9.47 Å². The maximum atomic E-state index is 13.7. The molecule has 8 nitrogen and oxygen atoms in total. The van der Waals surface area contributed by atoms with Gasteiger partial charge in [-0.3, -0.25) is 9.59 Å². The Morgan fingerprint density at radius 2 is 0.788 bits per heavy atom. The fraction of sp³-hybridized carbons (Fsp3) is 0.310. The summed E-state index contributed by atoms with van der Waals surface area (Å²) in [7, 11) is 0. The minimum Gasteiger partial charge on any atom is -0.494 e. The van der Waals surface area contributed by atoms with Crippen LogP contribution >= 0.6 is 0 Å². The molecule has 0 saturated heterocycles. The van der Waals surface area contributed by atoms with Gasteiger partial charge in [0.2, 0.25) is 0 Å². The summed E-state index contributed by atoms with van der Waals surface area (Å²) < 4.78 is 23.8. The number of ether oxygens (including phenoxy) is 4. The Balaban J connectivity index is 0.668. The smallest absolute Gasteiger partial charge is 0.312 e. The van der Waals surface area contributed by atoms with Crippen molar-refractivity contribution in [2.45, 2.75) is 64.2 Å². The molecule has 328 valence electrons. The van der Waals surface area contributed by atoms with Gasteiger partial charge < -0.3 is 18.9 Å². The normalized spacial score (nSPS) is 19.9. The van der Waals surface area contributed by atoms with Crippen molar-refractivity contribution in [3.05, 3.63) is 155 Å². The molecule has 0 unspecified atom stereocenters. The molecule has 66 heavy (non-hydrogen) atoms. The zero-order chi connectivity index (χ0) is 45.4. The van der Waals surface area contributed by atoms with E-state index in [2.05, 4.69) is 35.8 Å². The van der Waals surface area contributed by atoms with Crippen LogP contribution in [-0.2, 0) is 19.1 Å². The minimum atomic E-state index is -0.601. The largest absolute Gasteiger partial charge is 0.494 e. The fourth-order valence-corrected chi connectivity index (χ4v) is 10.5. The van der Waals surface area contributed by atoms with Crippen LogP contribution in [0.25, 0.3) is 21.5 Å². The number of carbonyl (C=O) groups is 2. The average molecular weight is 871 g/mol. The molecule has 6 aromatic carbocycles. The fourth-order valence-electron chi connectivity index (χ4n) is 10.5. The van der Waals surface area contributed by atoms with Crippen molar-refractivity contribution in [1.82, 2.24) is 0 Å². The number of esters is 2. The molecule has 0 aliphatic heterocycles. The maximum Gasteiger partial charge on any atom is 0.312 e. The third-order valence-electron chi connectivity index (χ3n) is 13.4. The van der Waals surface area contributed by atoms with Crippen LogP contribution in [-0.4, -0.2) is 38.4 Å². The second kappa shape index (κ2) is 19.7. The van der Waals surface area contributed by atoms with Crippen LogP contribution in [0.1, 0.15) is 97.6 Å². The van der Waals surface area contributed by atoms with Gasteiger partial charge in [-0.1, -0.05) is 47.9 Å². The molecule has 0 amide bonds. The number of nitrogens with zero attached hydrogens (tertiary/aromatic N) is 2. The Morgan fingerprint density at radius 3 is 1.18 bits per heavy atom. The van der Waals surface area contributed by atoms with E-state index in [-0.39, 0.29) is 11.9 Å². The highest BCUT2D eigenvalue weighted by atomic mass is 16.5. The predicted octanol–water partition coefficient (Wildman–Crippen LogP) is 11.2. The number of fused-ring (bicyclic) bond motifs is 2. The first kappa shape index (κ1) is 43.7. The summed E-state index contributed by atoms with van der Waals surface area (Å²) in [6, 6.07) is 43.0. The summed E-state index contributed by atoms with van der Waals surface area (Å²) in [6.45, 7) is 1.68. The number of rotatable bonds is 14. The Labute approximate surface area is 386 Å². The highest BCUT2D eigenvalue weighted by Crippen LogP contribution is 2.66. The SMILES string of the molecule is N#Cc1ccc2cc(C#Cc3ccc(OCCCCOC(=O)C45CC6CC(C4)CC(C(=O)OCCCCOc4ccc(C#Cc7ccc8cc(C#N)ccc8c7)cc4)(C6)C5)cc3)ccc2c1. The summed E-state index contributed by atoms with van der Waals surface area (Å²) in [6.07, 6.45) is 7.67. The van der Waals surface area contributed by atoms with Gasteiger partial charge in [0.1, 0.15) is 11.5 Å². The summed E-state index contributed by atoms with van der Waals surface area (Å²) in [4.78, 5) is 27.5. The van der Waals surface area contributed by atoms with Gasteiger partial charge in [-0.05, 0) is 195 Å². The molecular formula is C58H50N2O6. The molecule has 6 aromatic rings. The van der Waals surface area contributed by atoms with Crippen molar-refractivity contribution in [3.63, 3.8) is 0 Å².